The quantitative estimate of drug-likeness (QED) is 0.622. The van der Waals surface area contributed by atoms with Crippen LogP contribution in [0.4, 0.5) is 0 Å². The number of allylic oxidation sites excluding steroid dienone is 1. The number of hydrogen-bond donors (Lipinski definition) is 0. The van der Waals surface area contributed by atoms with Crippen LogP contribution in [0.3, 0.4) is 0 Å². The molecule has 2 aromatic rings. The van der Waals surface area contributed by atoms with Gasteiger partial charge in [0.05, 0.1) is 0 Å². The Morgan fingerprint density at radius 3 is 2.87 bits per heavy atom. The predicted octanol–water partition coefficient (Wildman–Crippen LogP) is 4.16. The number of fused-ring (bicyclic) bond motifs is 1. The molecule has 0 unspecified atom stereocenters. The molecule has 0 nitrogen and oxygen atoms in total. The highest BCUT2D eigenvalue weighted by atomic mass is 32.1. The van der Waals surface area contributed by atoms with Crippen molar-refractivity contribution in [2.75, 3.05) is 0 Å². The SMILES string of the molecule is C#C/C=C\c1sc2cc(C)ccc2c1C. The molecule has 0 bridgehead atoms. The van der Waals surface area contributed by atoms with Crippen molar-refractivity contribution in [2.24, 2.45) is 0 Å². The van der Waals surface area contributed by atoms with Gasteiger partial charge in [-0.15, -0.1) is 17.8 Å². The van der Waals surface area contributed by atoms with Gasteiger partial charge in [0.25, 0.3) is 0 Å². The standard InChI is InChI=1S/C14H12S/c1-4-5-6-13-11(3)12-8-7-10(2)9-14(12)15-13/h1,5-9H,2-3H3/b6-5-. The smallest absolute Gasteiger partial charge is 0.0354 e. The summed E-state index contributed by atoms with van der Waals surface area (Å²) < 4.78 is 1.34. The van der Waals surface area contributed by atoms with Crippen molar-refractivity contribution in [1.29, 1.82) is 0 Å². The summed E-state index contributed by atoms with van der Waals surface area (Å²) in [6.45, 7) is 4.26. The van der Waals surface area contributed by atoms with E-state index in [4.69, 9.17) is 6.42 Å². The van der Waals surface area contributed by atoms with E-state index in [1.165, 1.54) is 26.1 Å². The minimum Gasteiger partial charge on any atom is -0.136 e. The number of thiophene rings is 1. The van der Waals surface area contributed by atoms with Crippen LogP contribution in [-0.2, 0) is 0 Å². The van der Waals surface area contributed by atoms with Crippen molar-refractivity contribution in [3.8, 4) is 12.3 Å². The molecule has 0 aliphatic carbocycles. The van der Waals surface area contributed by atoms with Gasteiger partial charge in [-0.25, -0.2) is 0 Å². The summed E-state index contributed by atoms with van der Waals surface area (Å²) in [5.74, 6) is 2.53. The Balaban J connectivity index is 2.65. The lowest BCUT2D eigenvalue weighted by Crippen LogP contribution is -1.72. The molecule has 0 saturated heterocycles. The van der Waals surface area contributed by atoms with Gasteiger partial charge in [-0.2, -0.15) is 0 Å². The van der Waals surface area contributed by atoms with E-state index in [9.17, 15) is 0 Å². The highest BCUT2D eigenvalue weighted by molar-refractivity contribution is 7.20. The van der Waals surface area contributed by atoms with E-state index in [1.54, 1.807) is 17.4 Å². The Morgan fingerprint density at radius 1 is 1.33 bits per heavy atom. The average molecular weight is 212 g/mol. The summed E-state index contributed by atoms with van der Waals surface area (Å²) >= 11 is 1.80. The van der Waals surface area contributed by atoms with Crippen LogP contribution in [0.1, 0.15) is 16.0 Å². The van der Waals surface area contributed by atoms with Crippen LogP contribution in [0.2, 0.25) is 0 Å². The first kappa shape index (κ1) is 10.0. The first-order valence-electron chi connectivity index (χ1n) is 4.85. The van der Waals surface area contributed by atoms with Crippen molar-refractivity contribution in [3.05, 3.63) is 40.3 Å². The molecule has 1 aromatic carbocycles. The second-order valence-electron chi connectivity index (χ2n) is 3.59. The van der Waals surface area contributed by atoms with E-state index in [0.29, 0.717) is 0 Å². The summed E-state index contributed by atoms with van der Waals surface area (Å²) in [7, 11) is 0. The Bertz CT molecular complexity index is 565. The zero-order valence-electron chi connectivity index (χ0n) is 8.87. The maximum atomic E-state index is 5.21. The molecule has 0 spiro atoms. The van der Waals surface area contributed by atoms with Crippen molar-refractivity contribution >= 4 is 27.5 Å². The van der Waals surface area contributed by atoms with Gasteiger partial charge in [0.15, 0.2) is 0 Å². The monoisotopic (exact) mass is 212 g/mol. The molecule has 1 aromatic heterocycles. The fourth-order valence-corrected chi connectivity index (χ4v) is 2.85. The number of rotatable bonds is 1. The zero-order valence-corrected chi connectivity index (χ0v) is 9.69. The van der Waals surface area contributed by atoms with E-state index in [2.05, 4.69) is 38.0 Å². The molecule has 74 valence electrons. The lowest BCUT2D eigenvalue weighted by Gasteiger charge is -1.93. The maximum Gasteiger partial charge on any atom is 0.0354 e. The second-order valence-corrected chi connectivity index (χ2v) is 4.67. The average Bonchev–Trinajstić information content (AvgIpc) is 2.52. The Hall–Kier alpha value is -1.52. The molecule has 1 heteroatoms. The number of benzene rings is 1. The summed E-state index contributed by atoms with van der Waals surface area (Å²) in [4.78, 5) is 1.26. The first-order chi connectivity index (χ1) is 7.22. The highest BCUT2D eigenvalue weighted by Gasteiger charge is 2.05. The predicted molar refractivity (Wildman–Crippen MR) is 69.2 cm³/mol. The summed E-state index contributed by atoms with van der Waals surface area (Å²) in [5, 5.41) is 1.34. The van der Waals surface area contributed by atoms with Gasteiger partial charge in [-0.3, -0.25) is 0 Å². The molecule has 0 aliphatic rings. The van der Waals surface area contributed by atoms with Crippen molar-refractivity contribution < 1.29 is 0 Å². The molecule has 0 fully saturated rings. The van der Waals surface area contributed by atoms with Crippen LogP contribution in [0.15, 0.2) is 24.3 Å². The van der Waals surface area contributed by atoms with Gasteiger partial charge >= 0.3 is 0 Å². The van der Waals surface area contributed by atoms with Gasteiger partial charge in [0, 0.05) is 9.58 Å². The van der Waals surface area contributed by atoms with Crippen LogP contribution in [0.25, 0.3) is 16.2 Å². The molecule has 0 N–H and O–H groups in total. The largest absolute Gasteiger partial charge is 0.136 e. The topological polar surface area (TPSA) is 0 Å². The number of aryl methyl sites for hydroxylation is 2. The number of hydrogen-bond acceptors (Lipinski definition) is 1. The lowest BCUT2D eigenvalue weighted by molar-refractivity contribution is 1.50. The normalized spacial score (nSPS) is 11.0. The van der Waals surface area contributed by atoms with Gasteiger partial charge in [-0.1, -0.05) is 18.1 Å². The molecule has 2 rings (SSSR count). The molecule has 15 heavy (non-hydrogen) atoms. The van der Waals surface area contributed by atoms with E-state index in [1.807, 2.05) is 6.08 Å². The zero-order chi connectivity index (χ0) is 10.8. The molecule has 0 aliphatic heterocycles. The summed E-state index contributed by atoms with van der Waals surface area (Å²) in [6.07, 6.45) is 8.98. The van der Waals surface area contributed by atoms with Crippen LogP contribution in [0, 0.1) is 26.2 Å². The van der Waals surface area contributed by atoms with Gasteiger partial charge in [-0.05, 0) is 48.6 Å². The molecule has 0 amide bonds. The summed E-state index contributed by atoms with van der Waals surface area (Å²) in [6, 6.07) is 6.56. The minimum absolute atomic E-state index is 1.26. The highest BCUT2D eigenvalue weighted by Crippen LogP contribution is 2.32. The second kappa shape index (κ2) is 3.92. The fraction of sp³-hybridized carbons (Fsp3) is 0.143. The third-order valence-corrected chi connectivity index (χ3v) is 3.68. The van der Waals surface area contributed by atoms with E-state index >= 15 is 0 Å². The molecular weight excluding hydrogens is 200 g/mol. The van der Waals surface area contributed by atoms with Crippen LogP contribution in [-0.4, -0.2) is 0 Å². The fourth-order valence-electron chi connectivity index (χ4n) is 1.63. The minimum atomic E-state index is 1.26. The Labute approximate surface area is 94.3 Å². The lowest BCUT2D eigenvalue weighted by atomic mass is 10.1. The maximum absolute atomic E-state index is 5.21. The van der Waals surface area contributed by atoms with Gasteiger partial charge in [0.1, 0.15) is 0 Å². The molecular formula is C14H12S. The summed E-state index contributed by atoms with van der Waals surface area (Å²) in [5.41, 5.74) is 2.62. The van der Waals surface area contributed by atoms with Gasteiger partial charge in [0.2, 0.25) is 0 Å². The third-order valence-electron chi connectivity index (χ3n) is 2.46. The molecule has 1 heterocycles. The van der Waals surface area contributed by atoms with Crippen LogP contribution >= 0.6 is 11.3 Å². The molecule has 0 atom stereocenters. The molecule has 0 saturated carbocycles. The van der Waals surface area contributed by atoms with E-state index in [0.717, 1.165) is 0 Å². The van der Waals surface area contributed by atoms with Crippen molar-refractivity contribution in [3.63, 3.8) is 0 Å². The van der Waals surface area contributed by atoms with E-state index < -0.39 is 0 Å². The van der Waals surface area contributed by atoms with Gasteiger partial charge < -0.3 is 0 Å². The number of terminal acetylenes is 1. The van der Waals surface area contributed by atoms with Crippen molar-refractivity contribution in [2.45, 2.75) is 13.8 Å². The van der Waals surface area contributed by atoms with E-state index in [-0.39, 0.29) is 0 Å². The van der Waals surface area contributed by atoms with Crippen LogP contribution < -0.4 is 0 Å². The first-order valence-corrected chi connectivity index (χ1v) is 5.66. The Kier molecular flexibility index (Phi) is 2.62. The molecule has 0 radical (unpaired) electrons. The van der Waals surface area contributed by atoms with Crippen molar-refractivity contribution in [1.82, 2.24) is 0 Å². The third kappa shape index (κ3) is 1.82. The Morgan fingerprint density at radius 2 is 2.13 bits per heavy atom. The van der Waals surface area contributed by atoms with Crippen LogP contribution in [0.5, 0.6) is 0 Å².